The van der Waals surface area contributed by atoms with Crippen LogP contribution in [-0.4, -0.2) is 44.9 Å². The molecular formula is C19H24F2N4O2. The van der Waals surface area contributed by atoms with E-state index in [1.807, 2.05) is 11.5 Å². The number of hydrogen-bond acceptors (Lipinski definition) is 5. The summed E-state index contributed by atoms with van der Waals surface area (Å²) in [6, 6.07) is 3.03. The largest absolute Gasteiger partial charge is 0.395 e. The van der Waals surface area contributed by atoms with Crippen molar-refractivity contribution in [2.45, 2.75) is 51.2 Å². The summed E-state index contributed by atoms with van der Waals surface area (Å²) >= 11 is 0. The quantitative estimate of drug-likeness (QED) is 0.846. The number of aliphatic hydroxyl groups excluding tert-OH is 1. The number of aromatic nitrogens is 2. The van der Waals surface area contributed by atoms with Crippen molar-refractivity contribution < 1.29 is 18.6 Å². The van der Waals surface area contributed by atoms with E-state index in [1.165, 1.54) is 0 Å². The summed E-state index contributed by atoms with van der Waals surface area (Å²) in [5.41, 5.74) is 8.59. The lowest BCUT2D eigenvalue weighted by atomic mass is 9.93. The van der Waals surface area contributed by atoms with Crippen LogP contribution in [0.2, 0.25) is 0 Å². The number of nitrogens with zero attached hydrogens (tertiary/aromatic N) is 3. The molecule has 1 aromatic heterocycles. The minimum atomic E-state index is -0.648. The van der Waals surface area contributed by atoms with Gasteiger partial charge in [-0.25, -0.2) is 13.8 Å². The van der Waals surface area contributed by atoms with Crippen LogP contribution >= 0.6 is 0 Å². The van der Waals surface area contributed by atoms with Crippen molar-refractivity contribution in [3.8, 4) is 0 Å². The Morgan fingerprint density at radius 2 is 2.15 bits per heavy atom. The second-order valence-electron chi connectivity index (χ2n) is 7.31. The lowest BCUT2D eigenvalue weighted by Gasteiger charge is -2.38. The summed E-state index contributed by atoms with van der Waals surface area (Å²) in [6.07, 6.45) is -0.0188. The molecule has 0 amide bonds. The highest BCUT2D eigenvalue weighted by Crippen LogP contribution is 2.34. The molecule has 0 bridgehead atoms. The van der Waals surface area contributed by atoms with Gasteiger partial charge in [-0.3, -0.25) is 4.90 Å². The number of hydrogen-bond donors (Lipinski definition) is 2. The molecule has 0 aliphatic carbocycles. The number of imidazole rings is 1. The van der Waals surface area contributed by atoms with Crippen molar-refractivity contribution in [1.29, 1.82) is 0 Å². The summed E-state index contributed by atoms with van der Waals surface area (Å²) in [7, 11) is 0. The molecular weight excluding hydrogens is 354 g/mol. The molecule has 2 aliphatic heterocycles. The van der Waals surface area contributed by atoms with Crippen LogP contribution < -0.4 is 5.73 Å². The van der Waals surface area contributed by atoms with Gasteiger partial charge in [0.25, 0.3) is 0 Å². The van der Waals surface area contributed by atoms with Crippen molar-refractivity contribution in [3.63, 3.8) is 0 Å². The zero-order chi connectivity index (χ0) is 19.1. The van der Waals surface area contributed by atoms with Crippen LogP contribution in [0.3, 0.4) is 0 Å². The molecule has 1 fully saturated rings. The normalized spacial score (nSPS) is 25.7. The van der Waals surface area contributed by atoms with Gasteiger partial charge < -0.3 is 20.1 Å². The van der Waals surface area contributed by atoms with Crippen LogP contribution in [0.25, 0.3) is 0 Å². The molecule has 0 radical (unpaired) electrons. The molecule has 2 aliphatic rings. The first kappa shape index (κ1) is 18.5. The molecule has 1 saturated heterocycles. The monoisotopic (exact) mass is 378 g/mol. The predicted octanol–water partition coefficient (Wildman–Crippen LogP) is 1.64. The van der Waals surface area contributed by atoms with Gasteiger partial charge in [0.1, 0.15) is 23.6 Å². The Morgan fingerprint density at radius 3 is 2.89 bits per heavy atom. The van der Waals surface area contributed by atoms with Gasteiger partial charge in [0.05, 0.1) is 24.6 Å². The lowest BCUT2D eigenvalue weighted by Crippen LogP contribution is -2.47. The fourth-order valence-corrected chi connectivity index (χ4v) is 4.22. The third kappa shape index (κ3) is 3.38. The van der Waals surface area contributed by atoms with Crippen LogP contribution in [0.4, 0.5) is 8.78 Å². The molecule has 27 heavy (non-hydrogen) atoms. The topological polar surface area (TPSA) is 76.5 Å². The van der Waals surface area contributed by atoms with E-state index in [2.05, 4.69) is 9.88 Å². The molecule has 4 rings (SSSR count). The maximum Gasteiger partial charge on any atom is 0.129 e. The van der Waals surface area contributed by atoms with Crippen LogP contribution in [-0.2, 0) is 24.4 Å². The van der Waals surface area contributed by atoms with Gasteiger partial charge in [-0.2, -0.15) is 0 Å². The molecule has 0 saturated carbocycles. The first-order valence-corrected chi connectivity index (χ1v) is 9.20. The first-order chi connectivity index (χ1) is 13.0. The third-order valence-corrected chi connectivity index (χ3v) is 5.56. The number of ether oxygens (including phenoxy) is 1. The van der Waals surface area contributed by atoms with Gasteiger partial charge in [-0.05, 0) is 31.5 Å². The first-order valence-electron chi connectivity index (χ1n) is 9.20. The molecule has 0 unspecified atom stereocenters. The van der Waals surface area contributed by atoms with Gasteiger partial charge >= 0.3 is 0 Å². The number of rotatable bonds is 4. The molecule has 3 heterocycles. The second kappa shape index (κ2) is 7.27. The molecule has 1 aromatic carbocycles. The Kier molecular flexibility index (Phi) is 4.98. The molecule has 2 aromatic rings. The average molecular weight is 378 g/mol. The van der Waals surface area contributed by atoms with Crippen molar-refractivity contribution in [3.05, 3.63) is 52.6 Å². The van der Waals surface area contributed by atoms with E-state index in [0.29, 0.717) is 26.1 Å². The summed E-state index contributed by atoms with van der Waals surface area (Å²) in [6.45, 7) is 4.36. The highest BCUT2D eigenvalue weighted by Gasteiger charge is 2.37. The van der Waals surface area contributed by atoms with E-state index >= 15 is 0 Å². The highest BCUT2D eigenvalue weighted by atomic mass is 19.1. The fourth-order valence-electron chi connectivity index (χ4n) is 4.22. The molecule has 3 atom stereocenters. The third-order valence-electron chi connectivity index (χ3n) is 5.56. The van der Waals surface area contributed by atoms with Crippen LogP contribution in [0, 0.1) is 18.6 Å². The number of nitrogens with two attached hydrogens (primary N) is 1. The lowest BCUT2D eigenvalue weighted by molar-refractivity contribution is -0.0535. The minimum absolute atomic E-state index is 0.0714. The van der Waals surface area contributed by atoms with Crippen molar-refractivity contribution in [2.75, 3.05) is 13.2 Å². The van der Waals surface area contributed by atoms with Gasteiger partial charge in [0, 0.05) is 37.3 Å². The Bertz CT molecular complexity index is 841. The smallest absolute Gasteiger partial charge is 0.129 e. The highest BCUT2D eigenvalue weighted by molar-refractivity contribution is 5.24. The maximum absolute atomic E-state index is 14.1. The number of aryl methyl sites for hydroxylation is 1. The number of fused-ring (bicyclic) bond motifs is 1. The van der Waals surface area contributed by atoms with Gasteiger partial charge in [0.2, 0.25) is 0 Å². The fraction of sp³-hybridized carbons (Fsp3) is 0.526. The predicted molar refractivity (Wildman–Crippen MR) is 94.7 cm³/mol. The Balaban J connectivity index is 1.45. The van der Waals surface area contributed by atoms with Crippen LogP contribution in [0.1, 0.15) is 35.3 Å². The molecule has 8 heteroatoms. The minimum Gasteiger partial charge on any atom is -0.395 e. The number of aliphatic hydroxyl groups is 1. The van der Waals surface area contributed by atoms with Gasteiger partial charge in [-0.15, -0.1) is 0 Å². The van der Waals surface area contributed by atoms with Crippen molar-refractivity contribution in [1.82, 2.24) is 14.5 Å². The maximum atomic E-state index is 14.1. The Morgan fingerprint density at radius 1 is 1.33 bits per heavy atom. The molecule has 146 valence electrons. The standard InChI is InChI=1S/C19H24F2N4O2/c1-11-23-17-8-24(9-18(17)25(11)4-5-26)13-7-16(22)19(27-10-13)14-6-12(20)2-3-15(14)21/h2-3,6,13,16,19,26H,4-5,7-10,22H2,1H3/t13-,16+,19-/m1/s1. The van der Waals surface area contributed by atoms with Gasteiger partial charge in [0.15, 0.2) is 0 Å². The molecule has 3 N–H and O–H groups in total. The van der Waals surface area contributed by atoms with Crippen molar-refractivity contribution >= 4 is 0 Å². The summed E-state index contributed by atoms with van der Waals surface area (Å²) in [5.74, 6) is -0.0878. The molecule has 0 spiro atoms. The zero-order valence-electron chi connectivity index (χ0n) is 15.2. The summed E-state index contributed by atoms with van der Waals surface area (Å²) in [4.78, 5) is 6.86. The Labute approximate surface area is 156 Å². The SMILES string of the molecule is Cc1nc2c(n1CCO)CN([C@H]1CO[C@H](c3cc(F)ccc3F)[C@@H](N)C1)C2. The number of benzene rings is 1. The van der Waals surface area contributed by atoms with Gasteiger partial charge in [-0.1, -0.05) is 0 Å². The van der Waals surface area contributed by atoms with E-state index in [9.17, 15) is 13.9 Å². The summed E-state index contributed by atoms with van der Waals surface area (Å²) < 4.78 is 35.5. The van der Waals surface area contributed by atoms with E-state index in [0.717, 1.165) is 42.0 Å². The number of halogens is 2. The average Bonchev–Trinajstić information content (AvgIpc) is 3.16. The van der Waals surface area contributed by atoms with E-state index in [1.54, 1.807) is 0 Å². The van der Waals surface area contributed by atoms with E-state index < -0.39 is 23.8 Å². The summed E-state index contributed by atoms with van der Waals surface area (Å²) in [5, 5.41) is 9.27. The van der Waals surface area contributed by atoms with E-state index in [4.69, 9.17) is 10.5 Å². The Hall–Kier alpha value is -1.87. The zero-order valence-corrected chi connectivity index (χ0v) is 15.2. The van der Waals surface area contributed by atoms with Crippen LogP contribution in [0.15, 0.2) is 18.2 Å². The van der Waals surface area contributed by atoms with Crippen molar-refractivity contribution in [2.24, 2.45) is 5.73 Å². The van der Waals surface area contributed by atoms with E-state index in [-0.39, 0.29) is 18.2 Å². The molecule has 6 nitrogen and oxygen atoms in total. The van der Waals surface area contributed by atoms with Crippen LogP contribution in [0.5, 0.6) is 0 Å². The second-order valence-corrected chi connectivity index (χ2v) is 7.31.